The molecule has 0 spiro atoms. The second kappa shape index (κ2) is 8.52. The van der Waals surface area contributed by atoms with Crippen molar-refractivity contribution in [2.24, 2.45) is 0 Å². The normalized spacial score (nSPS) is 13.7. The molecule has 1 saturated heterocycles. The summed E-state index contributed by atoms with van der Waals surface area (Å²) in [6.45, 7) is 2.00. The Labute approximate surface area is 178 Å². The molecule has 0 atom stereocenters. The van der Waals surface area contributed by atoms with Crippen molar-refractivity contribution < 1.29 is 4.79 Å². The summed E-state index contributed by atoms with van der Waals surface area (Å²) in [6, 6.07) is 13.2. The van der Waals surface area contributed by atoms with Gasteiger partial charge in [0.25, 0.3) is 0 Å². The Morgan fingerprint density at radius 2 is 1.93 bits per heavy atom. The van der Waals surface area contributed by atoms with Crippen LogP contribution in [0, 0.1) is 0 Å². The molecule has 4 nitrogen and oxygen atoms in total. The van der Waals surface area contributed by atoms with Crippen molar-refractivity contribution >= 4 is 51.8 Å². The first kappa shape index (κ1) is 19.2. The van der Waals surface area contributed by atoms with Gasteiger partial charge in [-0.25, -0.2) is 4.98 Å². The first-order valence-corrected chi connectivity index (χ1v) is 10.8. The van der Waals surface area contributed by atoms with Crippen molar-refractivity contribution in [3.63, 3.8) is 0 Å². The van der Waals surface area contributed by atoms with Crippen LogP contribution >= 0.6 is 34.5 Å². The smallest absolute Gasteiger partial charge is 0.230 e. The monoisotopic (exact) mass is 431 g/mol. The zero-order valence-corrected chi connectivity index (χ0v) is 17.4. The van der Waals surface area contributed by atoms with E-state index in [2.05, 4.69) is 15.2 Å². The highest BCUT2D eigenvalue weighted by Crippen LogP contribution is 2.32. The van der Waals surface area contributed by atoms with Gasteiger partial charge < -0.3 is 10.2 Å². The summed E-state index contributed by atoms with van der Waals surface area (Å²) in [6.07, 6.45) is 2.53. The van der Waals surface area contributed by atoms with Gasteiger partial charge in [-0.1, -0.05) is 41.4 Å². The molecular weight excluding hydrogens is 413 g/mol. The molecule has 1 aromatic heterocycles. The minimum atomic E-state index is -0.112. The molecule has 1 aliphatic heterocycles. The SMILES string of the molecule is O=C(Cc1csc(-c2ccccc2Cl)n1)Nc1cc(Cl)ccc1N1CCCC1. The van der Waals surface area contributed by atoms with Crippen molar-refractivity contribution in [2.75, 3.05) is 23.3 Å². The molecular formula is C21H19Cl2N3OS. The number of carbonyl (C=O) groups is 1. The largest absolute Gasteiger partial charge is 0.370 e. The minimum absolute atomic E-state index is 0.112. The van der Waals surface area contributed by atoms with Gasteiger partial charge >= 0.3 is 0 Å². The van der Waals surface area contributed by atoms with Crippen LogP contribution in [0.3, 0.4) is 0 Å². The van der Waals surface area contributed by atoms with Crippen molar-refractivity contribution in [2.45, 2.75) is 19.3 Å². The predicted molar refractivity (Wildman–Crippen MR) is 118 cm³/mol. The van der Waals surface area contributed by atoms with E-state index in [1.54, 1.807) is 0 Å². The van der Waals surface area contributed by atoms with E-state index in [0.717, 1.165) is 40.7 Å². The van der Waals surface area contributed by atoms with Crippen LogP contribution in [0.4, 0.5) is 11.4 Å². The van der Waals surface area contributed by atoms with E-state index in [9.17, 15) is 4.79 Å². The van der Waals surface area contributed by atoms with Gasteiger partial charge in [-0.15, -0.1) is 11.3 Å². The number of carbonyl (C=O) groups excluding carboxylic acids is 1. The number of halogens is 2. The van der Waals surface area contributed by atoms with E-state index < -0.39 is 0 Å². The average molecular weight is 432 g/mol. The van der Waals surface area contributed by atoms with Crippen LogP contribution in [0.15, 0.2) is 47.8 Å². The van der Waals surface area contributed by atoms with Gasteiger partial charge in [-0.3, -0.25) is 4.79 Å². The second-order valence-electron chi connectivity index (χ2n) is 6.70. The number of amides is 1. The fraction of sp³-hybridized carbons (Fsp3) is 0.238. The van der Waals surface area contributed by atoms with Gasteiger partial charge in [0.1, 0.15) is 5.01 Å². The van der Waals surface area contributed by atoms with Gasteiger partial charge in [0, 0.05) is 29.1 Å². The van der Waals surface area contributed by atoms with Gasteiger partial charge in [-0.05, 0) is 37.1 Å². The summed E-state index contributed by atoms with van der Waals surface area (Å²) in [5.74, 6) is -0.112. The van der Waals surface area contributed by atoms with E-state index in [0.29, 0.717) is 10.0 Å². The number of nitrogens with one attached hydrogen (secondary N) is 1. The van der Waals surface area contributed by atoms with Crippen LogP contribution < -0.4 is 10.2 Å². The second-order valence-corrected chi connectivity index (χ2v) is 8.41. The number of rotatable bonds is 5. The standard InChI is InChI=1S/C21H19Cl2N3OS/c22-14-7-8-19(26-9-3-4-10-26)18(11-14)25-20(27)12-15-13-28-21(24-15)16-5-1-2-6-17(16)23/h1-2,5-8,11,13H,3-4,9-10,12H2,(H,25,27). The summed E-state index contributed by atoms with van der Waals surface area (Å²) in [5, 5.41) is 6.98. The molecule has 28 heavy (non-hydrogen) atoms. The molecule has 144 valence electrons. The number of hydrogen-bond donors (Lipinski definition) is 1. The van der Waals surface area contributed by atoms with Crippen LogP contribution in [0.25, 0.3) is 10.6 Å². The van der Waals surface area contributed by atoms with E-state index in [1.165, 1.54) is 24.2 Å². The van der Waals surface area contributed by atoms with Gasteiger partial charge in [0.2, 0.25) is 5.91 Å². The van der Waals surface area contributed by atoms with E-state index >= 15 is 0 Å². The Morgan fingerprint density at radius 3 is 2.71 bits per heavy atom. The molecule has 0 bridgehead atoms. The lowest BCUT2D eigenvalue weighted by molar-refractivity contribution is -0.115. The van der Waals surface area contributed by atoms with Crippen molar-refractivity contribution in [1.29, 1.82) is 0 Å². The van der Waals surface area contributed by atoms with Crippen LogP contribution in [0.2, 0.25) is 10.0 Å². The van der Waals surface area contributed by atoms with Gasteiger partial charge in [0.15, 0.2) is 0 Å². The maximum absolute atomic E-state index is 12.6. The summed E-state index contributed by atoms with van der Waals surface area (Å²) in [5.41, 5.74) is 3.38. The minimum Gasteiger partial charge on any atom is -0.370 e. The summed E-state index contributed by atoms with van der Waals surface area (Å²) < 4.78 is 0. The summed E-state index contributed by atoms with van der Waals surface area (Å²) in [7, 11) is 0. The Kier molecular flexibility index (Phi) is 5.85. The van der Waals surface area contributed by atoms with E-state index in [-0.39, 0.29) is 12.3 Å². The zero-order valence-electron chi connectivity index (χ0n) is 15.1. The molecule has 0 saturated carbocycles. The number of anilines is 2. The highest BCUT2D eigenvalue weighted by atomic mass is 35.5. The van der Waals surface area contributed by atoms with E-state index in [4.69, 9.17) is 23.2 Å². The maximum atomic E-state index is 12.6. The zero-order chi connectivity index (χ0) is 19.5. The lowest BCUT2D eigenvalue weighted by Gasteiger charge is -2.21. The van der Waals surface area contributed by atoms with Crippen molar-refractivity contribution in [3.05, 3.63) is 63.6 Å². The Balaban J connectivity index is 1.48. The maximum Gasteiger partial charge on any atom is 0.230 e. The molecule has 0 unspecified atom stereocenters. The van der Waals surface area contributed by atoms with Crippen LogP contribution in [-0.4, -0.2) is 24.0 Å². The molecule has 2 heterocycles. The summed E-state index contributed by atoms with van der Waals surface area (Å²) in [4.78, 5) is 19.5. The lowest BCUT2D eigenvalue weighted by atomic mass is 10.2. The highest BCUT2D eigenvalue weighted by Gasteiger charge is 2.18. The first-order chi connectivity index (χ1) is 13.6. The molecule has 1 amide bonds. The summed E-state index contributed by atoms with van der Waals surface area (Å²) >= 11 is 13.9. The third-order valence-electron chi connectivity index (χ3n) is 4.68. The number of benzene rings is 2. The molecule has 2 aromatic carbocycles. The number of aromatic nitrogens is 1. The van der Waals surface area contributed by atoms with E-state index in [1.807, 2.05) is 47.8 Å². The third-order valence-corrected chi connectivity index (χ3v) is 6.17. The van der Waals surface area contributed by atoms with Gasteiger partial charge in [0.05, 0.1) is 28.5 Å². The molecule has 0 radical (unpaired) electrons. The fourth-order valence-electron chi connectivity index (χ4n) is 3.35. The fourth-order valence-corrected chi connectivity index (χ4v) is 4.66. The lowest BCUT2D eigenvalue weighted by Crippen LogP contribution is -2.21. The molecule has 4 rings (SSSR count). The highest BCUT2D eigenvalue weighted by molar-refractivity contribution is 7.13. The Bertz CT molecular complexity index is 999. The average Bonchev–Trinajstić information content (AvgIpc) is 3.34. The van der Waals surface area contributed by atoms with Crippen molar-refractivity contribution in [1.82, 2.24) is 4.98 Å². The van der Waals surface area contributed by atoms with Crippen LogP contribution in [-0.2, 0) is 11.2 Å². The first-order valence-electron chi connectivity index (χ1n) is 9.14. The Morgan fingerprint density at radius 1 is 1.14 bits per heavy atom. The molecule has 1 aliphatic rings. The Hall–Kier alpha value is -2.08. The molecule has 7 heteroatoms. The molecule has 3 aromatic rings. The quantitative estimate of drug-likeness (QED) is 0.546. The van der Waals surface area contributed by atoms with Gasteiger partial charge in [-0.2, -0.15) is 0 Å². The number of thiazole rings is 1. The topological polar surface area (TPSA) is 45.2 Å². The molecule has 1 N–H and O–H groups in total. The van der Waals surface area contributed by atoms with Crippen molar-refractivity contribution in [3.8, 4) is 10.6 Å². The predicted octanol–water partition coefficient (Wildman–Crippen LogP) is 5.90. The van der Waals surface area contributed by atoms with Crippen LogP contribution in [0.1, 0.15) is 18.5 Å². The number of hydrogen-bond acceptors (Lipinski definition) is 4. The number of nitrogens with zero attached hydrogens (tertiary/aromatic N) is 2. The third kappa shape index (κ3) is 4.32. The molecule has 1 fully saturated rings. The van der Waals surface area contributed by atoms with Crippen LogP contribution in [0.5, 0.6) is 0 Å². The molecule has 0 aliphatic carbocycles.